The first kappa shape index (κ1) is 19.2. The molecule has 2 aromatic carbocycles. The molecule has 6 nitrogen and oxygen atoms in total. The van der Waals surface area contributed by atoms with E-state index in [1.54, 1.807) is 24.3 Å². The zero-order valence-electron chi connectivity index (χ0n) is 15.7. The van der Waals surface area contributed by atoms with Gasteiger partial charge in [-0.05, 0) is 54.8 Å². The minimum atomic E-state index is -0.442. The van der Waals surface area contributed by atoms with Crippen LogP contribution in [0.2, 0.25) is 0 Å². The number of halogens is 2. The van der Waals surface area contributed by atoms with E-state index in [-0.39, 0.29) is 46.4 Å². The van der Waals surface area contributed by atoms with E-state index in [9.17, 15) is 18.8 Å². The van der Waals surface area contributed by atoms with E-state index in [1.807, 2.05) is 0 Å². The van der Waals surface area contributed by atoms with Crippen LogP contribution in [0, 0.1) is 29.5 Å². The van der Waals surface area contributed by atoms with Gasteiger partial charge >= 0.3 is 5.97 Å². The molecule has 5 rings (SSSR count). The van der Waals surface area contributed by atoms with Gasteiger partial charge in [0.25, 0.3) is 5.91 Å². The third-order valence-electron chi connectivity index (χ3n) is 6.32. The highest BCUT2D eigenvalue weighted by molar-refractivity contribution is 9.09. The number of esters is 1. The highest BCUT2D eigenvalue weighted by Gasteiger charge is 2.67. The molecule has 1 aliphatic heterocycles. The molecule has 2 amide bonds. The van der Waals surface area contributed by atoms with Gasteiger partial charge in [-0.3, -0.25) is 14.4 Å². The molecule has 30 heavy (non-hydrogen) atoms. The fourth-order valence-corrected chi connectivity index (χ4v) is 6.08. The van der Waals surface area contributed by atoms with E-state index in [0.717, 1.165) is 6.42 Å². The highest BCUT2D eigenvalue weighted by Crippen LogP contribution is 2.60. The molecule has 2 bridgehead atoms. The Balaban J connectivity index is 1.30. The maximum absolute atomic E-state index is 13.0. The van der Waals surface area contributed by atoms with Crippen molar-refractivity contribution in [2.45, 2.75) is 17.4 Å². The van der Waals surface area contributed by atoms with Crippen LogP contribution < -0.4 is 10.6 Å². The molecule has 6 atom stereocenters. The van der Waals surface area contributed by atoms with E-state index in [1.165, 1.54) is 24.3 Å². The Labute approximate surface area is 180 Å². The molecule has 3 aliphatic rings. The van der Waals surface area contributed by atoms with Crippen molar-refractivity contribution in [3.05, 3.63) is 59.9 Å². The molecule has 0 radical (unpaired) electrons. The Morgan fingerprint density at radius 3 is 2.57 bits per heavy atom. The number of ether oxygens (including phenoxy) is 1. The number of anilines is 2. The number of nitrogens with one attached hydrogen (secondary N) is 2. The zero-order valence-corrected chi connectivity index (χ0v) is 17.3. The van der Waals surface area contributed by atoms with Crippen molar-refractivity contribution in [1.82, 2.24) is 0 Å². The first-order valence-electron chi connectivity index (χ1n) is 9.75. The van der Waals surface area contributed by atoms with Crippen LogP contribution in [0.4, 0.5) is 15.8 Å². The van der Waals surface area contributed by atoms with Crippen molar-refractivity contribution in [2.24, 2.45) is 23.7 Å². The number of carbonyl (C=O) groups excluding carboxylic acids is 3. The first-order valence-corrected chi connectivity index (χ1v) is 10.7. The van der Waals surface area contributed by atoms with Gasteiger partial charge in [-0.15, -0.1) is 0 Å². The average Bonchev–Trinajstić information content (AvgIpc) is 3.34. The summed E-state index contributed by atoms with van der Waals surface area (Å²) in [6.07, 6.45) is 0.671. The number of fused-ring (bicyclic) bond motifs is 1. The van der Waals surface area contributed by atoms with Gasteiger partial charge in [0.15, 0.2) is 0 Å². The third-order valence-corrected chi connectivity index (χ3v) is 7.52. The third kappa shape index (κ3) is 3.10. The fourth-order valence-electron chi connectivity index (χ4n) is 5.03. The van der Waals surface area contributed by atoms with Crippen molar-refractivity contribution in [3.63, 3.8) is 0 Å². The quantitative estimate of drug-likeness (QED) is 0.525. The van der Waals surface area contributed by atoms with E-state index in [4.69, 9.17) is 4.74 Å². The van der Waals surface area contributed by atoms with Crippen molar-refractivity contribution >= 4 is 45.1 Å². The van der Waals surface area contributed by atoms with Gasteiger partial charge < -0.3 is 15.4 Å². The molecule has 2 aliphatic carbocycles. The summed E-state index contributed by atoms with van der Waals surface area (Å²) in [6, 6.07) is 12.0. The van der Waals surface area contributed by atoms with E-state index < -0.39 is 11.8 Å². The van der Waals surface area contributed by atoms with Gasteiger partial charge in [0.05, 0.1) is 16.7 Å². The molecule has 2 saturated carbocycles. The number of alkyl halides is 1. The normalized spacial score (nSPS) is 30.8. The molecular formula is C22H18BrFN2O4. The lowest BCUT2D eigenvalue weighted by Crippen LogP contribution is -2.40. The molecule has 3 fully saturated rings. The monoisotopic (exact) mass is 472 g/mol. The lowest BCUT2D eigenvalue weighted by Gasteiger charge is -2.27. The van der Waals surface area contributed by atoms with Crippen molar-refractivity contribution < 1.29 is 23.5 Å². The van der Waals surface area contributed by atoms with Crippen molar-refractivity contribution in [3.8, 4) is 0 Å². The largest absolute Gasteiger partial charge is 0.461 e. The summed E-state index contributed by atoms with van der Waals surface area (Å²) in [4.78, 5) is 37.8. The van der Waals surface area contributed by atoms with E-state index in [0.29, 0.717) is 16.9 Å². The lowest BCUT2D eigenvalue weighted by molar-refractivity contribution is -0.145. The van der Waals surface area contributed by atoms with Crippen molar-refractivity contribution in [2.75, 3.05) is 10.6 Å². The topological polar surface area (TPSA) is 84.5 Å². The van der Waals surface area contributed by atoms with E-state index >= 15 is 0 Å². The number of hydrogen-bond acceptors (Lipinski definition) is 4. The van der Waals surface area contributed by atoms with Gasteiger partial charge in [-0.25, -0.2) is 4.39 Å². The summed E-state index contributed by atoms with van der Waals surface area (Å²) < 4.78 is 18.5. The Morgan fingerprint density at radius 1 is 1.03 bits per heavy atom. The summed E-state index contributed by atoms with van der Waals surface area (Å²) in [6.45, 7) is 0. The molecule has 154 valence electrons. The first-order chi connectivity index (χ1) is 14.4. The fraction of sp³-hybridized carbons (Fsp3) is 0.318. The smallest absolute Gasteiger partial charge is 0.310 e. The Bertz CT molecular complexity index is 1040. The molecule has 2 N–H and O–H groups in total. The molecule has 0 spiro atoms. The summed E-state index contributed by atoms with van der Waals surface area (Å²) in [5, 5.41) is 5.55. The van der Waals surface area contributed by atoms with Gasteiger partial charge in [0.2, 0.25) is 5.91 Å². The summed E-state index contributed by atoms with van der Waals surface area (Å²) in [5.74, 6) is -1.97. The van der Waals surface area contributed by atoms with E-state index in [2.05, 4.69) is 26.6 Å². The molecular weight excluding hydrogens is 455 g/mol. The van der Waals surface area contributed by atoms with Crippen LogP contribution in [0.5, 0.6) is 0 Å². The van der Waals surface area contributed by atoms with Gasteiger partial charge in [0.1, 0.15) is 11.9 Å². The molecule has 0 unspecified atom stereocenters. The number of amides is 2. The minimum absolute atomic E-state index is 0.00577. The van der Waals surface area contributed by atoms with Gasteiger partial charge in [-0.1, -0.05) is 22.0 Å². The maximum atomic E-state index is 13.0. The molecule has 1 heterocycles. The SMILES string of the molecule is O=C(Nc1ccc(F)cc1)c1cccc(NC(=O)[C@@H]2[C@H]3C[C@H]4[C@H](OC(=O)[C@@H]42)[C@@H]3Br)c1. The maximum Gasteiger partial charge on any atom is 0.310 e. The zero-order chi connectivity index (χ0) is 21.0. The molecule has 8 heteroatoms. The van der Waals surface area contributed by atoms with Crippen LogP contribution in [0.15, 0.2) is 48.5 Å². The minimum Gasteiger partial charge on any atom is -0.461 e. The Morgan fingerprint density at radius 2 is 1.80 bits per heavy atom. The predicted molar refractivity (Wildman–Crippen MR) is 111 cm³/mol. The number of benzene rings is 2. The Kier molecular flexibility index (Phi) is 4.61. The second kappa shape index (κ2) is 7.19. The van der Waals surface area contributed by atoms with Crippen LogP contribution >= 0.6 is 15.9 Å². The van der Waals surface area contributed by atoms with Gasteiger partial charge in [0, 0.05) is 22.9 Å². The summed E-state index contributed by atoms with van der Waals surface area (Å²) in [5.41, 5.74) is 1.29. The highest BCUT2D eigenvalue weighted by atomic mass is 79.9. The van der Waals surface area contributed by atoms with Crippen molar-refractivity contribution in [1.29, 1.82) is 0 Å². The second-order valence-corrected chi connectivity index (χ2v) is 9.05. The second-order valence-electron chi connectivity index (χ2n) is 7.99. The molecule has 1 saturated heterocycles. The Hall–Kier alpha value is -2.74. The lowest BCUT2D eigenvalue weighted by atomic mass is 9.79. The summed E-state index contributed by atoms with van der Waals surface area (Å²) >= 11 is 3.60. The number of carbonyl (C=O) groups is 3. The standard InChI is InChI=1S/C22H18BrFN2O4/c23-18-14-9-15-17(22(29)30-19(15)18)16(14)21(28)26-13-3-1-2-10(8-13)20(27)25-12-6-4-11(24)5-7-12/h1-8,14-19H,9H2,(H,25,27)(H,26,28)/t14-,15-,16-,17+,18-,19+/m1/s1. The average molecular weight is 473 g/mol. The van der Waals surface area contributed by atoms with Crippen LogP contribution in [0.1, 0.15) is 16.8 Å². The van der Waals surface area contributed by atoms with Crippen LogP contribution in [0.25, 0.3) is 0 Å². The van der Waals surface area contributed by atoms with Crippen LogP contribution in [-0.4, -0.2) is 28.7 Å². The predicted octanol–water partition coefficient (Wildman–Crippen LogP) is 3.59. The van der Waals surface area contributed by atoms with Crippen LogP contribution in [0.3, 0.4) is 0 Å². The molecule has 2 aromatic rings. The number of rotatable bonds is 4. The summed E-state index contributed by atoms with van der Waals surface area (Å²) in [7, 11) is 0. The van der Waals surface area contributed by atoms with Crippen LogP contribution in [-0.2, 0) is 14.3 Å². The molecule has 0 aromatic heterocycles. The number of hydrogen-bond donors (Lipinski definition) is 2. The van der Waals surface area contributed by atoms with Gasteiger partial charge in [-0.2, -0.15) is 0 Å².